The molecule has 1 atom stereocenters. The van der Waals surface area contributed by atoms with Crippen molar-refractivity contribution in [2.45, 2.75) is 25.8 Å². The van der Waals surface area contributed by atoms with Crippen molar-refractivity contribution >= 4 is 0 Å². The van der Waals surface area contributed by atoms with Gasteiger partial charge in [0.2, 0.25) is 6.79 Å². The van der Waals surface area contributed by atoms with Crippen LogP contribution in [0.1, 0.15) is 42.5 Å². The van der Waals surface area contributed by atoms with E-state index in [4.69, 9.17) is 9.47 Å². The maximum atomic E-state index is 5.61. The van der Waals surface area contributed by atoms with Crippen LogP contribution in [0.15, 0.2) is 42.5 Å². The van der Waals surface area contributed by atoms with E-state index in [1.165, 1.54) is 16.7 Å². The molecule has 132 valence electrons. The fraction of sp³-hybridized carbons (Fsp3) is 0.429. The Morgan fingerprint density at radius 3 is 2.20 bits per heavy atom. The normalized spacial score (nSPS) is 18.5. The van der Waals surface area contributed by atoms with Crippen LogP contribution in [-0.2, 0) is 0 Å². The largest absolute Gasteiger partial charge is 0.454 e. The maximum absolute atomic E-state index is 5.61. The summed E-state index contributed by atoms with van der Waals surface area (Å²) < 4.78 is 11.1. The molecule has 2 aromatic carbocycles. The highest BCUT2D eigenvalue weighted by molar-refractivity contribution is 5.47. The lowest BCUT2D eigenvalue weighted by atomic mass is 9.93. The highest BCUT2D eigenvalue weighted by atomic mass is 16.7. The SMILES string of the molecule is CC(C)c1ccc(C(c2ccc3c(c2)OCO3)N2CCNCC2)cc1. The van der Waals surface area contributed by atoms with Gasteiger partial charge in [-0.05, 0) is 34.7 Å². The Balaban J connectivity index is 1.71. The topological polar surface area (TPSA) is 33.7 Å². The Morgan fingerprint density at radius 2 is 1.48 bits per heavy atom. The fourth-order valence-electron chi connectivity index (χ4n) is 3.70. The van der Waals surface area contributed by atoms with Gasteiger partial charge in [-0.2, -0.15) is 0 Å². The molecule has 0 amide bonds. The maximum Gasteiger partial charge on any atom is 0.231 e. The number of fused-ring (bicyclic) bond motifs is 1. The third-order valence-electron chi connectivity index (χ3n) is 5.15. The quantitative estimate of drug-likeness (QED) is 0.925. The first-order chi connectivity index (χ1) is 12.2. The summed E-state index contributed by atoms with van der Waals surface area (Å²) in [5, 5.41) is 3.45. The minimum atomic E-state index is 0.248. The molecule has 2 heterocycles. The van der Waals surface area contributed by atoms with E-state index in [-0.39, 0.29) is 6.04 Å². The van der Waals surface area contributed by atoms with Crippen LogP contribution in [0.5, 0.6) is 11.5 Å². The van der Waals surface area contributed by atoms with Crippen LogP contribution in [0.25, 0.3) is 0 Å². The van der Waals surface area contributed by atoms with Crippen molar-refractivity contribution in [3.8, 4) is 11.5 Å². The van der Waals surface area contributed by atoms with Crippen LogP contribution in [0.3, 0.4) is 0 Å². The number of nitrogens with zero attached hydrogens (tertiary/aromatic N) is 1. The van der Waals surface area contributed by atoms with E-state index in [9.17, 15) is 0 Å². The van der Waals surface area contributed by atoms with E-state index < -0.39 is 0 Å². The average molecular weight is 338 g/mol. The molecule has 0 aromatic heterocycles. The van der Waals surface area contributed by atoms with Crippen molar-refractivity contribution in [1.82, 2.24) is 10.2 Å². The lowest BCUT2D eigenvalue weighted by Crippen LogP contribution is -2.45. The highest BCUT2D eigenvalue weighted by Crippen LogP contribution is 2.38. The standard InChI is InChI=1S/C21H26N2O2/c1-15(2)16-3-5-17(6-4-16)21(23-11-9-22-10-12-23)18-7-8-19-20(13-18)25-14-24-19/h3-8,13,15,21-22H,9-12,14H2,1-2H3. The molecule has 2 aromatic rings. The third-order valence-corrected chi connectivity index (χ3v) is 5.15. The van der Waals surface area contributed by atoms with Crippen molar-refractivity contribution in [3.05, 3.63) is 59.2 Å². The number of nitrogens with one attached hydrogen (secondary N) is 1. The molecule has 0 saturated carbocycles. The highest BCUT2D eigenvalue weighted by Gasteiger charge is 2.26. The molecule has 1 saturated heterocycles. The Bertz CT molecular complexity index is 721. The first-order valence-corrected chi connectivity index (χ1v) is 9.16. The van der Waals surface area contributed by atoms with Gasteiger partial charge in [-0.15, -0.1) is 0 Å². The molecule has 1 N–H and O–H groups in total. The summed E-state index contributed by atoms with van der Waals surface area (Å²) in [5.41, 5.74) is 3.99. The van der Waals surface area contributed by atoms with E-state index >= 15 is 0 Å². The molecule has 4 rings (SSSR count). The van der Waals surface area contributed by atoms with Crippen LogP contribution < -0.4 is 14.8 Å². The van der Waals surface area contributed by atoms with E-state index in [2.05, 4.69) is 60.5 Å². The molecule has 2 aliphatic rings. The minimum Gasteiger partial charge on any atom is -0.454 e. The monoisotopic (exact) mass is 338 g/mol. The van der Waals surface area contributed by atoms with Crippen LogP contribution in [0.2, 0.25) is 0 Å². The molecule has 1 unspecified atom stereocenters. The Hall–Kier alpha value is -2.04. The van der Waals surface area contributed by atoms with Crippen LogP contribution >= 0.6 is 0 Å². The van der Waals surface area contributed by atoms with E-state index in [1.807, 2.05) is 6.07 Å². The molecular formula is C21H26N2O2. The summed E-state index contributed by atoms with van der Waals surface area (Å²) in [7, 11) is 0. The summed E-state index contributed by atoms with van der Waals surface area (Å²) >= 11 is 0. The number of rotatable bonds is 4. The molecule has 25 heavy (non-hydrogen) atoms. The van der Waals surface area contributed by atoms with E-state index in [1.54, 1.807) is 0 Å². The van der Waals surface area contributed by atoms with Crippen molar-refractivity contribution < 1.29 is 9.47 Å². The molecule has 0 spiro atoms. The predicted molar refractivity (Wildman–Crippen MR) is 99.4 cm³/mol. The number of piperazine rings is 1. The van der Waals surface area contributed by atoms with Crippen molar-refractivity contribution in [1.29, 1.82) is 0 Å². The smallest absolute Gasteiger partial charge is 0.231 e. The van der Waals surface area contributed by atoms with Gasteiger partial charge in [0.25, 0.3) is 0 Å². The Kier molecular flexibility index (Phi) is 4.64. The molecule has 0 radical (unpaired) electrons. The zero-order valence-corrected chi connectivity index (χ0v) is 15.0. The molecule has 0 bridgehead atoms. The van der Waals surface area contributed by atoms with Crippen molar-refractivity contribution in [2.24, 2.45) is 0 Å². The lowest BCUT2D eigenvalue weighted by molar-refractivity contribution is 0.173. The molecule has 4 heteroatoms. The predicted octanol–water partition coefficient (Wildman–Crippen LogP) is 3.53. The van der Waals surface area contributed by atoms with E-state index in [0.717, 1.165) is 37.7 Å². The summed E-state index contributed by atoms with van der Waals surface area (Å²) in [6, 6.07) is 15.7. The summed E-state index contributed by atoms with van der Waals surface area (Å²) in [6.07, 6.45) is 0. The van der Waals surface area contributed by atoms with Gasteiger partial charge in [-0.1, -0.05) is 44.2 Å². The zero-order chi connectivity index (χ0) is 17.2. The molecule has 1 fully saturated rings. The molecule has 0 aliphatic carbocycles. The number of ether oxygens (including phenoxy) is 2. The second kappa shape index (κ2) is 7.06. The average Bonchev–Trinajstić information content (AvgIpc) is 3.11. The van der Waals surface area contributed by atoms with Gasteiger partial charge in [-0.25, -0.2) is 0 Å². The first kappa shape index (κ1) is 16.4. The molecule has 2 aliphatic heterocycles. The first-order valence-electron chi connectivity index (χ1n) is 9.16. The van der Waals surface area contributed by atoms with Gasteiger partial charge >= 0.3 is 0 Å². The summed E-state index contributed by atoms with van der Waals surface area (Å²) in [6.45, 7) is 8.95. The number of hydrogen-bond donors (Lipinski definition) is 1. The summed E-state index contributed by atoms with van der Waals surface area (Å²) in [5.74, 6) is 2.26. The second-order valence-electron chi connectivity index (χ2n) is 7.12. The minimum absolute atomic E-state index is 0.248. The zero-order valence-electron chi connectivity index (χ0n) is 15.0. The van der Waals surface area contributed by atoms with Crippen LogP contribution in [-0.4, -0.2) is 37.9 Å². The molecular weight excluding hydrogens is 312 g/mol. The van der Waals surface area contributed by atoms with Crippen LogP contribution in [0.4, 0.5) is 0 Å². The fourth-order valence-corrected chi connectivity index (χ4v) is 3.70. The van der Waals surface area contributed by atoms with Crippen molar-refractivity contribution in [3.63, 3.8) is 0 Å². The molecule has 4 nitrogen and oxygen atoms in total. The third kappa shape index (κ3) is 3.37. The second-order valence-corrected chi connectivity index (χ2v) is 7.12. The van der Waals surface area contributed by atoms with Gasteiger partial charge in [0, 0.05) is 26.2 Å². The lowest BCUT2D eigenvalue weighted by Gasteiger charge is -2.35. The van der Waals surface area contributed by atoms with Crippen molar-refractivity contribution in [2.75, 3.05) is 33.0 Å². The Morgan fingerprint density at radius 1 is 0.840 bits per heavy atom. The van der Waals surface area contributed by atoms with Gasteiger partial charge in [0.15, 0.2) is 11.5 Å². The Labute approximate surface area is 149 Å². The van der Waals surface area contributed by atoms with Crippen LogP contribution in [0, 0.1) is 0 Å². The van der Waals surface area contributed by atoms with Gasteiger partial charge in [0.05, 0.1) is 6.04 Å². The van der Waals surface area contributed by atoms with Gasteiger partial charge in [0.1, 0.15) is 0 Å². The number of hydrogen-bond acceptors (Lipinski definition) is 4. The summed E-state index contributed by atoms with van der Waals surface area (Å²) in [4.78, 5) is 2.55. The number of benzene rings is 2. The van der Waals surface area contributed by atoms with E-state index in [0.29, 0.717) is 12.7 Å². The van der Waals surface area contributed by atoms with Gasteiger partial charge < -0.3 is 14.8 Å². The van der Waals surface area contributed by atoms with Gasteiger partial charge in [-0.3, -0.25) is 4.90 Å².